The Kier molecular flexibility index (Phi) is 5.11. The summed E-state index contributed by atoms with van der Waals surface area (Å²) in [6.07, 6.45) is 0. The van der Waals surface area contributed by atoms with E-state index in [0.717, 1.165) is 4.55 Å². The highest BCUT2D eigenvalue weighted by molar-refractivity contribution is 14.1. The maximum Gasteiger partial charge on any atom is 0.0973 e. The number of rotatable bonds is 3. The summed E-state index contributed by atoms with van der Waals surface area (Å²) in [5.74, 6) is 6.91. The van der Waals surface area contributed by atoms with Gasteiger partial charge in [0.2, 0.25) is 0 Å². The third-order valence-corrected chi connectivity index (χ3v) is 0.875. The Morgan fingerprint density at radius 1 is 1.86 bits per heavy atom. The fourth-order valence-corrected chi connectivity index (χ4v) is 0.537. The Labute approximate surface area is 56.5 Å². The van der Waals surface area contributed by atoms with Gasteiger partial charge in [0.15, 0.2) is 0 Å². The van der Waals surface area contributed by atoms with Gasteiger partial charge in [-0.15, -0.1) is 0 Å². The van der Waals surface area contributed by atoms with Crippen LogP contribution in [-0.2, 0) is 0 Å². The van der Waals surface area contributed by atoms with Crippen molar-refractivity contribution in [3.63, 3.8) is 0 Å². The number of alkyl halides is 1. The molecule has 0 fully saturated rings. The van der Waals surface area contributed by atoms with E-state index in [1.54, 1.807) is 7.05 Å². The van der Waals surface area contributed by atoms with E-state index in [-0.39, 0.29) is 0 Å². The Balaban J connectivity index is 2.83. The van der Waals surface area contributed by atoms with Crippen molar-refractivity contribution in [2.24, 2.45) is 0 Å². The molecule has 0 spiro atoms. The molecule has 4 N–H and O–H groups in total. The van der Waals surface area contributed by atoms with E-state index in [1.807, 2.05) is 0 Å². The van der Waals surface area contributed by atoms with Crippen molar-refractivity contribution in [2.45, 2.75) is 0 Å². The first-order valence-corrected chi connectivity index (χ1v) is 3.40. The van der Waals surface area contributed by atoms with Gasteiger partial charge in [-0.25, -0.2) is 5.23 Å². The van der Waals surface area contributed by atoms with Crippen LogP contribution in [0.15, 0.2) is 0 Å². The zero-order valence-corrected chi connectivity index (χ0v) is 6.24. The van der Waals surface area contributed by atoms with E-state index in [1.165, 1.54) is 0 Å². The maximum absolute atomic E-state index is 6.91. The van der Waals surface area contributed by atoms with Crippen molar-refractivity contribution in [1.29, 1.82) is 0 Å². The van der Waals surface area contributed by atoms with Gasteiger partial charge in [-0.05, 0) is 0 Å². The first kappa shape index (κ1) is 7.57. The van der Waals surface area contributed by atoms with Crippen LogP contribution in [0.5, 0.6) is 0 Å². The van der Waals surface area contributed by atoms with Crippen LogP contribution in [0, 0.1) is 0 Å². The van der Waals surface area contributed by atoms with Gasteiger partial charge in [0.05, 0.1) is 4.55 Å². The molecule has 0 bridgehead atoms. The molecule has 0 aliphatic rings. The minimum atomic E-state index is 0.370. The van der Waals surface area contributed by atoms with Gasteiger partial charge in [0.25, 0.3) is 0 Å². The summed E-state index contributed by atoms with van der Waals surface area (Å²) >= 11 is 2.13. The third kappa shape index (κ3) is 4.42. The second kappa shape index (κ2) is 4.72. The van der Waals surface area contributed by atoms with Crippen molar-refractivity contribution < 1.29 is 5.23 Å². The van der Waals surface area contributed by atoms with Crippen LogP contribution in [0.3, 0.4) is 0 Å². The van der Waals surface area contributed by atoms with Crippen LogP contribution in [-0.4, -0.2) is 11.6 Å². The molecule has 0 aromatic carbocycles. The van der Waals surface area contributed by atoms with Crippen LogP contribution in [0.4, 0.5) is 0 Å². The lowest BCUT2D eigenvalue weighted by Gasteiger charge is -2.16. The van der Waals surface area contributed by atoms with Crippen molar-refractivity contribution in [3.05, 3.63) is 5.84 Å². The van der Waals surface area contributed by atoms with Gasteiger partial charge in [-0.2, -0.15) is 10.9 Å². The lowest BCUT2D eigenvalue weighted by molar-refractivity contribution is -0.937. The SMILES string of the molecule is CN[NH+]([NH-])NCI. The summed E-state index contributed by atoms with van der Waals surface area (Å²) < 4.78 is 0.775. The molecule has 0 aromatic heterocycles. The first-order chi connectivity index (χ1) is 3.31. The minimum absolute atomic E-state index is 0.370. The molecule has 0 saturated carbocycles. The Morgan fingerprint density at radius 2 is 2.43 bits per heavy atom. The van der Waals surface area contributed by atoms with Crippen molar-refractivity contribution in [1.82, 2.24) is 10.9 Å². The molecule has 0 radical (unpaired) electrons. The van der Waals surface area contributed by atoms with E-state index < -0.39 is 0 Å². The first-order valence-electron chi connectivity index (χ1n) is 1.87. The van der Waals surface area contributed by atoms with Crippen LogP contribution < -0.4 is 16.1 Å². The largest absolute Gasteiger partial charge is 0.427 e. The van der Waals surface area contributed by atoms with E-state index in [4.69, 9.17) is 5.84 Å². The van der Waals surface area contributed by atoms with Crippen LogP contribution in [0.1, 0.15) is 0 Å². The van der Waals surface area contributed by atoms with Crippen LogP contribution in [0.25, 0.3) is 5.84 Å². The van der Waals surface area contributed by atoms with E-state index in [2.05, 4.69) is 33.4 Å². The average molecular weight is 216 g/mol. The highest BCUT2D eigenvalue weighted by Gasteiger charge is 1.81. The quantitative estimate of drug-likeness (QED) is 0.242. The smallest absolute Gasteiger partial charge is 0.0973 e. The second-order valence-electron chi connectivity index (χ2n) is 0.935. The van der Waals surface area contributed by atoms with Crippen LogP contribution >= 0.6 is 22.6 Å². The Bertz CT molecular complexity index is 40.7. The van der Waals surface area contributed by atoms with E-state index >= 15 is 0 Å². The molecule has 0 saturated heterocycles. The Hall–Kier alpha value is 0.570. The number of quaternary nitrogens is 1. The van der Waals surface area contributed by atoms with Crippen molar-refractivity contribution in [2.75, 3.05) is 11.6 Å². The highest BCUT2D eigenvalue weighted by Crippen LogP contribution is 1.64. The molecule has 0 aliphatic carbocycles. The number of halogens is 1. The van der Waals surface area contributed by atoms with E-state index in [9.17, 15) is 0 Å². The summed E-state index contributed by atoms with van der Waals surface area (Å²) in [5, 5.41) is 0.370. The summed E-state index contributed by atoms with van der Waals surface area (Å²) in [7, 11) is 1.71. The zero-order valence-electron chi connectivity index (χ0n) is 4.09. The van der Waals surface area contributed by atoms with Crippen LogP contribution in [0.2, 0.25) is 0 Å². The van der Waals surface area contributed by atoms with Gasteiger partial charge in [-0.1, -0.05) is 22.6 Å². The predicted octanol–water partition coefficient (Wildman–Crippen LogP) is -1.13. The molecule has 0 rings (SSSR count). The molecule has 0 aromatic rings. The molecule has 44 valence electrons. The number of hydrogen-bond acceptors (Lipinski definition) is 2. The highest BCUT2D eigenvalue weighted by atomic mass is 127. The molecular weight excluding hydrogens is 207 g/mol. The molecule has 7 heavy (non-hydrogen) atoms. The standard InChI is InChI=1S/C2H9IN4/c1-5-7(4)6-2-3/h4-7H,2H2,1H3. The minimum Gasteiger partial charge on any atom is -0.427 e. The topological polar surface area (TPSA) is 52.3 Å². The van der Waals surface area contributed by atoms with Crippen molar-refractivity contribution >= 4 is 22.6 Å². The van der Waals surface area contributed by atoms with Gasteiger partial charge in [-0.3, -0.25) is 0 Å². The van der Waals surface area contributed by atoms with Gasteiger partial charge >= 0.3 is 0 Å². The summed E-state index contributed by atoms with van der Waals surface area (Å²) in [6.45, 7) is 0. The molecule has 0 aliphatic heterocycles. The molecule has 1 atom stereocenters. The van der Waals surface area contributed by atoms with Crippen molar-refractivity contribution in [3.8, 4) is 0 Å². The normalized spacial score (nSPS) is 14.1. The lowest BCUT2D eigenvalue weighted by Crippen LogP contribution is -3.18. The monoisotopic (exact) mass is 216 g/mol. The zero-order chi connectivity index (χ0) is 5.70. The summed E-state index contributed by atoms with van der Waals surface area (Å²) in [6, 6.07) is 0. The van der Waals surface area contributed by atoms with E-state index in [0.29, 0.717) is 5.23 Å². The number of hydrogen-bond donors (Lipinski definition) is 3. The fourth-order valence-electron chi connectivity index (χ4n) is 0.155. The number of nitrogens with one attached hydrogen (secondary N) is 4. The summed E-state index contributed by atoms with van der Waals surface area (Å²) in [4.78, 5) is 0. The molecule has 4 nitrogen and oxygen atoms in total. The van der Waals surface area contributed by atoms with Gasteiger partial charge in [0, 0.05) is 7.05 Å². The van der Waals surface area contributed by atoms with Gasteiger partial charge < -0.3 is 5.84 Å². The molecular formula is C2H9IN4. The second-order valence-corrected chi connectivity index (χ2v) is 1.70. The third-order valence-electron chi connectivity index (χ3n) is 0.494. The Morgan fingerprint density at radius 3 is 2.57 bits per heavy atom. The molecule has 0 amide bonds. The average Bonchev–Trinajstić information content (AvgIpc) is 1.68. The molecule has 5 heteroatoms. The predicted molar refractivity (Wildman–Crippen MR) is 36.4 cm³/mol. The van der Waals surface area contributed by atoms with Gasteiger partial charge in [0.1, 0.15) is 0 Å². The fraction of sp³-hybridized carbons (Fsp3) is 1.00. The molecule has 0 heterocycles. The maximum atomic E-state index is 6.91. The molecule has 1 unspecified atom stereocenters. The lowest BCUT2D eigenvalue weighted by atomic mass is 11.4. The summed E-state index contributed by atoms with van der Waals surface area (Å²) in [5.41, 5.74) is 5.39.